The van der Waals surface area contributed by atoms with Crippen molar-refractivity contribution in [1.29, 1.82) is 0 Å². The van der Waals surface area contributed by atoms with Crippen molar-refractivity contribution in [2.45, 2.75) is 25.8 Å². The first-order chi connectivity index (χ1) is 8.11. The molecule has 7 heteroatoms. The molecule has 0 aromatic carbocycles. The Hall–Kier alpha value is -1.34. The van der Waals surface area contributed by atoms with Crippen LogP contribution in [0.15, 0.2) is 0 Å². The van der Waals surface area contributed by atoms with Gasteiger partial charge < -0.3 is 15.2 Å². The second-order valence-electron chi connectivity index (χ2n) is 3.89. The van der Waals surface area contributed by atoms with Gasteiger partial charge in [-0.15, -0.1) is 0 Å². The third kappa shape index (κ3) is 5.50. The van der Waals surface area contributed by atoms with Gasteiger partial charge in [0.05, 0.1) is 19.6 Å². The van der Waals surface area contributed by atoms with Crippen molar-refractivity contribution in [2.75, 3.05) is 26.3 Å². The van der Waals surface area contributed by atoms with Gasteiger partial charge in [-0.2, -0.15) is 0 Å². The Morgan fingerprint density at radius 3 is 2.59 bits per heavy atom. The zero-order chi connectivity index (χ0) is 12.7. The molecular formula is C10H19N3O4. The minimum Gasteiger partial charge on any atom is -0.481 e. The monoisotopic (exact) mass is 245 g/mol. The number of nitrogens with zero attached hydrogens (tertiary/aromatic N) is 1. The zero-order valence-electron chi connectivity index (χ0n) is 9.94. The van der Waals surface area contributed by atoms with E-state index >= 15 is 0 Å². The van der Waals surface area contributed by atoms with Gasteiger partial charge in [0.2, 0.25) is 0 Å². The molecule has 1 unspecified atom stereocenters. The molecule has 7 nitrogen and oxygen atoms in total. The number of urea groups is 1. The topological polar surface area (TPSA) is 90.9 Å². The first-order valence-corrected chi connectivity index (χ1v) is 5.73. The van der Waals surface area contributed by atoms with Crippen molar-refractivity contribution in [1.82, 2.24) is 15.8 Å². The van der Waals surface area contributed by atoms with E-state index in [1.54, 1.807) is 5.01 Å². The zero-order valence-corrected chi connectivity index (χ0v) is 9.94. The smallest absolute Gasteiger partial charge is 0.329 e. The first kappa shape index (κ1) is 13.7. The molecule has 0 radical (unpaired) electrons. The molecule has 1 heterocycles. The largest absolute Gasteiger partial charge is 0.481 e. The Kier molecular flexibility index (Phi) is 5.71. The van der Waals surface area contributed by atoms with Gasteiger partial charge in [-0.25, -0.2) is 9.80 Å². The van der Waals surface area contributed by atoms with Crippen LogP contribution in [-0.4, -0.2) is 54.5 Å². The summed E-state index contributed by atoms with van der Waals surface area (Å²) in [6, 6.07) is -0.700. The Morgan fingerprint density at radius 1 is 1.41 bits per heavy atom. The van der Waals surface area contributed by atoms with Crippen molar-refractivity contribution >= 4 is 12.0 Å². The first-order valence-electron chi connectivity index (χ1n) is 5.73. The van der Waals surface area contributed by atoms with E-state index in [0.717, 1.165) is 0 Å². The van der Waals surface area contributed by atoms with Crippen LogP contribution in [0.5, 0.6) is 0 Å². The SMILES string of the molecule is CCC(CC(=O)O)NC(=O)NN1CCOCC1. The number of nitrogens with one attached hydrogen (secondary N) is 2. The molecule has 0 saturated carbocycles. The summed E-state index contributed by atoms with van der Waals surface area (Å²) in [5.41, 5.74) is 2.67. The number of hydrogen-bond donors (Lipinski definition) is 3. The molecular weight excluding hydrogens is 226 g/mol. The molecule has 0 aromatic rings. The van der Waals surface area contributed by atoms with Crippen molar-refractivity contribution in [3.05, 3.63) is 0 Å². The van der Waals surface area contributed by atoms with Crippen LogP contribution in [0.1, 0.15) is 19.8 Å². The van der Waals surface area contributed by atoms with Crippen LogP contribution < -0.4 is 10.7 Å². The second kappa shape index (κ2) is 7.08. The molecule has 1 saturated heterocycles. The normalized spacial score (nSPS) is 18.4. The number of hydrazine groups is 1. The number of carbonyl (C=O) groups excluding carboxylic acids is 1. The van der Waals surface area contributed by atoms with Crippen LogP contribution in [0, 0.1) is 0 Å². The number of amides is 2. The fraction of sp³-hybridized carbons (Fsp3) is 0.800. The number of ether oxygens (including phenoxy) is 1. The molecule has 1 fully saturated rings. The molecule has 98 valence electrons. The van der Waals surface area contributed by atoms with E-state index in [1.807, 2.05) is 6.92 Å². The standard InChI is InChI=1S/C10H19N3O4/c1-2-8(7-9(14)15)11-10(16)12-13-3-5-17-6-4-13/h8H,2-7H2,1H3,(H,14,15)(H2,11,12,16). The third-order valence-electron chi connectivity index (χ3n) is 2.52. The van der Waals surface area contributed by atoms with Gasteiger partial charge in [0.1, 0.15) is 0 Å². The van der Waals surface area contributed by atoms with Gasteiger partial charge >= 0.3 is 12.0 Å². The molecule has 1 atom stereocenters. The van der Waals surface area contributed by atoms with E-state index in [9.17, 15) is 9.59 Å². The third-order valence-corrected chi connectivity index (χ3v) is 2.52. The van der Waals surface area contributed by atoms with Crippen molar-refractivity contribution < 1.29 is 19.4 Å². The van der Waals surface area contributed by atoms with Crippen LogP contribution in [0.25, 0.3) is 0 Å². The molecule has 0 aliphatic carbocycles. The molecule has 1 aliphatic rings. The van der Waals surface area contributed by atoms with Crippen LogP contribution in [0.3, 0.4) is 0 Å². The molecule has 0 spiro atoms. The Morgan fingerprint density at radius 2 is 2.06 bits per heavy atom. The maximum absolute atomic E-state index is 11.6. The number of aliphatic carboxylic acids is 1. The molecule has 1 rings (SSSR count). The van der Waals surface area contributed by atoms with E-state index in [4.69, 9.17) is 9.84 Å². The minimum atomic E-state index is -0.913. The lowest BCUT2D eigenvalue weighted by Gasteiger charge is -2.27. The van der Waals surface area contributed by atoms with Gasteiger partial charge in [-0.05, 0) is 6.42 Å². The summed E-state index contributed by atoms with van der Waals surface area (Å²) in [4.78, 5) is 22.1. The fourth-order valence-corrected chi connectivity index (χ4v) is 1.54. The number of carboxylic acid groups (broad SMARTS) is 1. The molecule has 17 heavy (non-hydrogen) atoms. The quantitative estimate of drug-likeness (QED) is 0.623. The van der Waals surface area contributed by atoms with E-state index in [-0.39, 0.29) is 18.5 Å². The van der Waals surface area contributed by atoms with E-state index in [0.29, 0.717) is 32.7 Å². The molecule has 2 amide bonds. The maximum Gasteiger partial charge on any atom is 0.329 e. The minimum absolute atomic E-state index is 0.0625. The predicted octanol–water partition coefficient (Wildman–Crippen LogP) is -0.214. The average molecular weight is 245 g/mol. The van der Waals surface area contributed by atoms with Crippen molar-refractivity contribution in [2.24, 2.45) is 0 Å². The van der Waals surface area contributed by atoms with Gasteiger partial charge in [0, 0.05) is 19.1 Å². The Bertz CT molecular complexity index is 266. The number of carboxylic acids is 1. The summed E-state index contributed by atoms with van der Waals surface area (Å²) in [5.74, 6) is -0.913. The summed E-state index contributed by atoms with van der Waals surface area (Å²) in [6.07, 6.45) is 0.524. The number of hydrogen-bond acceptors (Lipinski definition) is 4. The van der Waals surface area contributed by atoms with Crippen LogP contribution >= 0.6 is 0 Å². The summed E-state index contributed by atoms with van der Waals surface area (Å²) in [5, 5.41) is 13.0. The van der Waals surface area contributed by atoms with Gasteiger partial charge in [-0.1, -0.05) is 6.92 Å². The molecule has 0 aromatic heterocycles. The number of rotatable bonds is 5. The summed E-state index contributed by atoms with van der Waals surface area (Å²) >= 11 is 0. The van der Waals surface area contributed by atoms with E-state index in [1.165, 1.54) is 0 Å². The average Bonchev–Trinajstić information content (AvgIpc) is 2.28. The maximum atomic E-state index is 11.6. The highest BCUT2D eigenvalue weighted by Gasteiger charge is 2.17. The van der Waals surface area contributed by atoms with Crippen molar-refractivity contribution in [3.8, 4) is 0 Å². The highest BCUT2D eigenvalue weighted by molar-refractivity contribution is 5.75. The number of morpholine rings is 1. The summed E-state index contributed by atoms with van der Waals surface area (Å²) < 4.78 is 5.15. The van der Waals surface area contributed by atoms with E-state index < -0.39 is 5.97 Å². The van der Waals surface area contributed by atoms with Crippen LogP contribution in [0.2, 0.25) is 0 Å². The van der Waals surface area contributed by atoms with Gasteiger partial charge in [-0.3, -0.25) is 10.2 Å². The summed E-state index contributed by atoms with van der Waals surface area (Å²) in [7, 11) is 0. The lowest BCUT2D eigenvalue weighted by atomic mass is 10.1. The van der Waals surface area contributed by atoms with Crippen LogP contribution in [0.4, 0.5) is 4.79 Å². The van der Waals surface area contributed by atoms with Crippen LogP contribution in [-0.2, 0) is 9.53 Å². The fourth-order valence-electron chi connectivity index (χ4n) is 1.54. The van der Waals surface area contributed by atoms with Crippen molar-refractivity contribution in [3.63, 3.8) is 0 Å². The van der Waals surface area contributed by atoms with Gasteiger partial charge in [0.25, 0.3) is 0 Å². The molecule has 3 N–H and O–H groups in total. The summed E-state index contributed by atoms with van der Waals surface area (Å²) in [6.45, 7) is 4.30. The lowest BCUT2D eigenvalue weighted by Crippen LogP contribution is -2.53. The Labute approximate surface area is 100 Å². The molecule has 0 bridgehead atoms. The van der Waals surface area contributed by atoms with E-state index in [2.05, 4.69) is 10.7 Å². The molecule has 1 aliphatic heterocycles. The highest BCUT2D eigenvalue weighted by atomic mass is 16.5. The van der Waals surface area contributed by atoms with Gasteiger partial charge in [0.15, 0.2) is 0 Å². The number of carbonyl (C=O) groups is 2. The lowest BCUT2D eigenvalue weighted by molar-refractivity contribution is -0.137. The second-order valence-corrected chi connectivity index (χ2v) is 3.89. The highest BCUT2D eigenvalue weighted by Crippen LogP contribution is 1.98. The Balaban J connectivity index is 2.28. The predicted molar refractivity (Wildman–Crippen MR) is 60.4 cm³/mol.